The van der Waals surface area contributed by atoms with Crippen molar-refractivity contribution in [1.82, 2.24) is 9.88 Å². The number of carbonyl (C=O) groups is 2. The van der Waals surface area contributed by atoms with E-state index in [-0.39, 0.29) is 17.5 Å². The fourth-order valence-corrected chi connectivity index (χ4v) is 4.83. The number of aromatic nitrogens is 1. The molecule has 1 amide bonds. The molecule has 5 rings (SSSR count). The van der Waals surface area contributed by atoms with Gasteiger partial charge in [0.1, 0.15) is 5.82 Å². The van der Waals surface area contributed by atoms with Crippen molar-refractivity contribution in [2.45, 2.75) is 19.8 Å². The van der Waals surface area contributed by atoms with E-state index in [1.807, 2.05) is 29.2 Å². The summed E-state index contributed by atoms with van der Waals surface area (Å²) >= 11 is 0. The number of piperazine rings is 1. The predicted octanol–water partition coefficient (Wildman–Crippen LogP) is 4.14. The third kappa shape index (κ3) is 4.15. The maximum atomic E-state index is 14.2. The monoisotopic (exact) mass is 446 g/mol. The maximum absolute atomic E-state index is 14.2. The summed E-state index contributed by atoms with van der Waals surface area (Å²) in [5, 5.41) is 0.680. The van der Waals surface area contributed by atoms with Gasteiger partial charge in [-0.3, -0.25) is 14.6 Å². The van der Waals surface area contributed by atoms with Crippen LogP contribution in [-0.2, 0) is 0 Å². The number of amides is 1. The molecular weight excluding hydrogens is 419 g/mol. The first-order valence-electron chi connectivity index (χ1n) is 11.5. The van der Waals surface area contributed by atoms with Gasteiger partial charge in [-0.25, -0.2) is 4.39 Å². The normalized spacial score (nSPS) is 16.5. The van der Waals surface area contributed by atoms with Gasteiger partial charge in [-0.2, -0.15) is 0 Å². The summed E-state index contributed by atoms with van der Waals surface area (Å²) in [6, 6.07) is 12.2. The molecular formula is C26H27FN4O2. The Morgan fingerprint density at radius 2 is 1.55 bits per heavy atom. The summed E-state index contributed by atoms with van der Waals surface area (Å²) in [7, 11) is 0. The highest BCUT2D eigenvalue weighted by atomic mass is 19.1. The van der Waals surface area contributed by atoms with Crippen LogP contribution in [-0.4, -0.2) is 60.8 Å². The number of Topliss-reactive ketones (excluding diaryl/α,β-unsaturated/α-hetero) is 1. The van der Waals surface area contributed by atoms with E-state index in [1.54, 1.807) is 19.2 Å². The molecule has 0 saturated carbocycles. The minimum Gasteiger partial charge on any atom is -0.368 e. The number of likely N-dealkylation sites (tertiary alicyclic amines) is 1. The Hall–Kier alpha value is -3.48. The zero-order chi connectivity index (χ0) is 22.9. The average molecular weight is 447 g/mol. The number of ketones is 1. The number of halogens is 1. The Kier molecular flexibility index (Phi) is 5.70. The van der Waals surface area contributed by atoms with Gasteiger partial charge in [0.05, 0.1) is 16.8 Å². The molecule has 0 N–H and O–H groups in total. The van der Waals surface area contributed by atoms with Crippen molar-refractivity contribution < 1.29 is 14.0 Å². The molecule has 2 fully saturated rings. The molecule has 6 nitrogen and oxygen atoms in total. The molecule has 170 valence electrons. The van der Waals surface area contributed by atoms with Gasteiger partial charge in [0.2, 0.25) is 0 Å². The zero-order valence-electron chi connectivity index (χ0n) is 18.8. The highest BCUT2D eigenvalue weighted by molar-refractivity contribution is 6.07. The van der Waals surface area contributed by atoms with Crippen LogP contribution >= 0.6 is 0 Å². The van der Waals surface area contributed by atoms with E-state index >= 15 is 0 Å². The van der Waals surface area contributed by atoms with Gasteiger partial charge in [-0.1, -0.05) is 0 Å². The molecule has 2 aliphatic heterocycles. The van der Waals surface area contributed by atoms with Crippen LogP contribution in [0.4, 0.5) is 15.8 Å². The van der Waals surface area contributed by atoms with Crippen molar-refractivity contribution in [2.24, 2.45) is 0 Å². The Labute approximate surface area is 192 Å². The SMILES string of the molecule is CC(=O)c1ccc(N2CCN(c3c(C(=O)N4CCCC4)cnc4ccc(F)cc34)CC2)cc1. The largest absolute Gasteiger partial charge is 0.368 e. The molecule has 3 heterocycles. The van der Waals surface area contributed by atoms with Gasteiger partial charge in [0.25, 0.3) is 5.91 Å². The van der Waals surface area contributed by atoms with Crippen LogP contribution in [0.3, 0.4) is 0 Å². The van der Waals surface area contributed by atoms with Crippen LogP contribution in [0.1, 0.15) is 40.5 Å². The Morgan fingerprint density at radius 1 is 0.879 bits per heavy atom. The van der Waals surface area contributed by atoms with Gasteiger partial charge >= 0.3 is 0 Å². The molecule has 1 aromatic heterocycles. The van der Waals surface area contributed by atoms with Crippen molar-refractivity contribution in [3.63, 3.8) is 0 Å². The number of pyridine rings is 1. The Balaban J connectivity index is 1.45. The number of rotatable bonds is 4. The summed E-state index contributed by atoms with van der Waals surface area (Å²) in [5.41, 5.74) is 3.79. The average Bonchev–Trinajstić information content (AvgIpc) is 3.38. The van der Waals surface area contributed by atoms with Gasteiger partial charge in [-0.15, -0.1) is 0 Å². The summed E-state index contributed by atoms with van der Waals surface area (Å²) < 4.78 is 14.2. The van der Waals surface area contributed by atoms with Gasteiger partial charge in [0, 0.05) is 62.1 Å². The lowest BCUT2D eigenvalue weighted by atomic mass is 10.1. The highest BCUT2D eigenvalue weighted by Crippen LogP contribution is 2.33. The van der Waals surface area contributed by atoms with Crippen LogP contribution in [0, 0.1) is 5.82 Å². The van der Waals surface area contributed by atoms with E-state index < -0.39 is 0 Å². The molecule has 0 unspecified atom stereocenters. The third-order valence-corrected chi connectivity index (χ3v) is 6.66. The lowest BCUT2D eigenvalue weighted by molar-refractivity contribution is 0.0793. The summed E-state index contributed by atoms with van der Waals surface area (Å²) in [4.78, 5) is 35.7. The third-order valence-electron chi connectivity index (χ3n) is 6.66. The van der Waals surface area contributed by atoms with Crippen molar-refractivity contribution in [1.29, 1.82) is 0 Å². The first-order chi connectivity index (χ1) is 16.0. The van der Waals surface area contributed by atoms with Crippen molar-refractivity contribution in [2.75, 3.05) is 49.1 Å². The van der Waals surface area contributed by atoms with E-state index in [0.717, 1.165) is 50.4 Å². The Bertz CT molecular complexity index is 1200. The molecule has 3 aromatic rings. The van der Waals surface area contributed by atoms with Crippen LogP contribution in [0.2, 0.25) is 0 Å². The fourth-order valence-electron chi connectivity index (χ4n) is 4.83. The molecule has 2 saturated heterocycles. The second-order valence-corrected chi connectivity index (χ2v) is 8.76. The van der Waals surface area contributed by atoms with Gasteiger partial charge in [0.15, 0.2) is 5.78 Å². The zero-order valence-corrected chi connectivity index (χ0v) is 18.8. The standard InChI is InChI=1S/C26H27FN4O2/c1-18(32)19-4-7-21(8-5-19)29-12-14-30(15-13-29)25-22-16-20(27)6-9-24(22)28-17-23(25)26(33)31-10-2-3-11-31/h4-9,16-17H,2-3,10-15H2,1H3. The van der Waals surface area contributed by atoms with Crippen LogP contribution in [0.15, 0.2) is 48.7 Å². The highest BCUT2D eigenvalue weighted by Gasteiger charge is 2.28. The lowest BCUT2D eigenvalue weighted by Gasteiger charge is -2.38. The number of carbonyl (C=O) groups excluding carboxylic acids is 2. The lowest BCUT2D eigenvalue weighted by Crippen LogP contribution is -2.47. The molecule has 7 heteroatoms. The summed E-state index contributed by atoms with van der Waals surface area (Å²) in [5.74, 6) is -0.303. The van der Waals surface area contributed by atoms with E-state index in [2.05, 4.69) is 14.8 Å². The number of hydrogen-bond acceptors (Lipinski definition) is 5. The smallest absolute Gasteiger partial charge is 0.257 e. The minimum atomic E-state index is -0.333. The number of nitrogens with zero attached hydrogens (tertiary/aromatic N) is 4. The second kappa shape index (κ2) is 8.81. The fraction of sp³-hybridized carbons (Fsp3) is 0.346. The van der Waals surface area contributed by atoms with E-state index in [4.69, 9.17) is 0 Å². The number of hydrogen-bond donors (Lipinski definition) is 0. The van der Waals surface area contributed by atoms with Crippen molar-refractivity contribution >= 4 is 34.0 Å². The van der Waals surface area contributed by atoms with E-state index in [9.17, 15) is 14.0 Å². The summed E-state index contributed by atoms with van der Waals surface area (Å²) in [6.45, 7) is 5.99. The molecule has 2 aliphatic rings. The van der Waals surface area contributed by atoms with Crippen molar-refractivity contribution in [3.05, 3.63) is 65.6 Å². The molecule has 2 aromatic carbocycles. The number of benzene rings is 2. The second-order valence-electron chi connectivity index (χ2n) is 8.76. The first-order valence-corrected chi connectivity index (χ1v) is 11.5. The van der Waals surface area contributed by atoms with E-state index in [1.165, 1.54) is 12.1 Å². The number of anilines is 2. The molecule has 0 spiro atoms. The quantitative estimate of drug-likeness (QED) is 0.564. The molecule has 0 atom stereocenters. The minimum absolute atomic E-state index is 0.0246. The van der Waals surface area contributed by atoms with Crippen molar-refractivity contribution in [3.8, 4) is 0 Å². The maximum Gasteiger partial charge on any atom is 0.257 e. The van der Waals surface area contributed by atoms with Gasteiger partial charge < -0.3 is 14.7 Å². The topological polar surface area (TPSA) is 56.8 Å². The molecule has 0 bridgehead atoms. The number of fused-ring (bicyclic) bond motifs is 1. The van der Waals surface area contributed by atoms with E-state index in [0.29, 0.717) is 35.1 Å². The predicted molar refractivity (Wildman–Crippen MR) is 128 cm³/mol. The first kappa shape index (κ1) is 21.4. The van der Waals surface area contributed by atoms with Crippen LogP contribution in [0.5, 0.6) is 0 Å². The molecule has 0 radical (unpaired) electrons. The van der Waals surface area contributed by atoms with Crippen LogP contribution in [0.25, 0.3) is 10.9 Å². The summed E-state index contributed by atoms with van der Waals surface area (Å²) in [6.07, 6.45) is 3.68. The molecule has 33 heavy (non-hydrogen) atoms. The molecule has 0 aliphatic carbocycles. The van der Waals surface area contributed by atoms with Gasteiger partial charge in [-0.05, 0) is 62.2 Å². The van der Waals surface area contributed by atoms with Crippen LogP contribution < -0.4 is 9.80 Å². The Morgan fingerprint density at radius 3 is 2.21 bits per heavy atom.